The Kier molecular flexibility index (Phi) is 7.99. The molecular weight excluding hydrogens is 340 g/mol. The molecule has 132 valence electrons. The smallest absolute Gasteiger partial charge is 0.243 e. The zero-order chi connectivity index (χ0) is 17.4. The summed E-state index contributed by atoms with van der Waals surface area (Å²) in [5.41, 5.74) is 1.91. The second kappa shape index (κ2) is 9.99. The highest BCUT2D eigenvalue weighted by Gasteiger charge is 2.17. The molecule has 1 aliphatic rings. The molecule has 1 atom stereocenters. The Morgan fingerprint density at radius 3 is 2.67 bits per heavy atom. The van der Waals surface area contributed by atoms with E-state index >= 15 is 0 Å². The number of anilines is 1. The average Bonchev–Trinajstić information content (AvgIpc) is 3.06. The van der Waals surface area contributed by atoms with E-state index in [9.17, 15) is 9.59 Å². The van der Waals surface area contributed by atoms with Crippen molar-refractivity contribution in [3.05, 3.63) is 29.8 Å². The van der Waals surface area contributed by atoms with Crippen LogP contribution in [0.25, 0.3) is 0 Å². The molecule has 4 nitrogen and oxygen atoms in total. The van der Waals surface area contributed by atoms with Gasteiger partial charge in [0.1, 0.15) is 0 Å². The van der Waals surface area contributed by atoms with Gasteiger partial charge in [-0.25, -0.2) is 0 Å². The number of amides is 2. The van der Waals surface area contributed by atoms with Gasteiger partial charge in [0.25, 0.3) is 0 Å². The molecule has 1 aliphatic heterocycles. The largest absolute Gasteiger partial charge is 0.336 e. The molecule has 1 unspecified atom stereocenters. The first-order valence-corrected chi connectivity index (χ1v) is 10.8. The van der Waals surface area contributed by atoms with Crippen LogP contribution in [0.4, 0.5) is 5.69 Å². The number of rotatable bonds is 8. The number of nitrogens with zero attached hydrogens (tertiary/aromatic N) is 1. The second-order valence-corrected chi connectivity index (χ2v) is 9.03. The van der Waals surface area contributed by atoms with Gasteiger partial charge < -0.3 is 10.2 Å². The maximum absolute atomic E-state index is 12.1. The standard InChI is InChI=1S/C18H26N2O2S2/c1-14-7-9-15(10-8-14)19-17(21)13-20(2)18(22)6-4-3-5-16-11-12-23-24-16/h7-10,16H,3-6,11-13H2,1-2H3,(H,19,21). The third kappa shape index (κ3) is 6.77. The molecule has 24 heavy (non-hydrogen) atoms. The Morgan fingerprint density at radius 2 is 2.00 bits per heavy atom. The van der Waals surface area contributed by atoms with Gasteiger partial charge in [-0.05, 0) is 38.3 Å². The van der Waals surface area contributed by atoms with Crippen LogP contribution in [-0.2, 0) is 9.59 Å². The molecule has 1 saturated heterocycles. The second-order valence-electron chi connectivity index (χ2n) is 6.24. The number of unbranched alkanes of at least 4 members (excludes halogenated alkanes) is 1. The molecule has 1 aromatic carbocycles. The Morgan fingerprint density at radius 1 is 1.25 bits per heavy atom. The lowest BCUT2D eigenvalue weighted by Crippen LogP contribution is -2.34. The fourth-order valence-electron chi connectivity index (χ4n) is 2.54. The van der Waals surface area contributed by atoms with Crippen LogP contribution in [0.5, 0.6) is 0 Å². The Hall–Kier alpha value is -1.14. The first-order valence-electron chi connectivity index (χ1n) is 8.43. The predicted molar refractivity (Wildman–Crippen MR) is 104 cm³/mol. The summed E-state index contributed by atoms with van der Waals surface area (Å²) in [6, 6.07) is 7.64. The summed E-state index contributed by atoms with van der Waals surface area (Å²) in [4.78, 5) is 25.6. The normalized spacial score (nSPS) is 16.8. The van der Waals surface area contributed by atoms with Crippen LogP contribution in [0.2, 0.25) is 0 Å². The highest BCUT2D eigenvalue weighted by Crippen LogP contribution is 2.39. The van der Waals surface area contributed by atoms with E-state index in [2.05, 4.69) is 5.32 Å². The lowest BCUT2D eigenvalue weighted by molar-refractivity contribution is -0.133. The summed E-state index contributed by atoms with van der Waals surface area (Å²) >= 11 is 0. The van der Waals surface area contributed by atoms with Crippen LogP contribution >= 0.6 is 21.6 Å². The number of aryl methyl sites for hydroxylation is 1. The quantitative estimate of drug-likeness (QED) is 0.556. The molecule has 0 radical (unpaired) electrons. The summed E-state index contributed by atoms with van der Waals surface area (Å²) in [5.74, 6) is 1.14. The van der Waals surface area contributed by atoms with Crippen LogP contribution in [0, 0.1) is 6.92 Å². The summed E-state index contributed by atoms with van der Waals surface area (Å²) in [6.45, 7) is 2.10. The number of carbonyl (C=O) groups is 2. The van der Waals surface area contributed by atoms with E-state index in [-0.39, 0.29) is 18.4 Å². The average molecular weight is 367 g/mol. The lowest BCUT2D eigenvalue weighted by atomic mass is 10.1. The predicted octanol–water partition coefficient (Wildman–Crippen LogP) is 4.11. The fourth-order valence-corrected chi connectivity index (χ4v) is 5.57. The van der Waals surface area contributed by atoms with Crippen molar-refractivity contribution in [2.45, 2.75) is 44.3 Å². The Labute approximate surface area is 152 Å². The third-order valence-electron chi connectivity index (χ3n) is 4.04. The minimum Gasteiger partial charge on any atom is -0.336 e. The zero-order valence-electron chi connectivity index (χ0n) is 14.4. The highest BCUT2D eigenvalue weighted by molar-refractivity contribution is 8.77. The number of benzene rings is 1. The summed E-state index contributed by atoms with van der Waals surface area (Å²) in [6.07, 6.45) is 5.02. The van der Waals surface area contributed by atoms with E-state index in [1.165, 1.54) is 23.5 Å². The Balaban J connectivity index is 1.62. The number of likely N-dealkylation sites (N-methyl/N-ethyl adjacent to an activating group) is 1. The molecule has 0 aliphatic carbocycles. The minimum absolute atomic E-state index is 0.0440. The van der Waals surface area contributed by atoms with Crippen molar-refractivity contribution in [3.63, 3.8) is 0 Å². The molecule has 1 fully saturated rings. The third-order valence-corrected chi connectivity index (χ3v) is 7.04. The van der Waals surface area contributed by atoms with Crippen molar-refractivity contribution in [1.82, 2.24) is 4.90 Å². The van der Waals surface area contributed by atoms with Crippen LogP contribution < -0.4 is 5.32 Å². The minimum atomic E-state index is -0.158. The Bertz CT molecular complexity index is 542. The van der Waals surface area contributed by atoms with E-state index in [0.29, 0.717) is 6.42 Å². The first kappa shape index (κ1) is 19.2. The molecule has 2 amide bonds. The van der Waals surface area contributed by atoms with Gasteiger partial charge in [0, 0.05) is 30.2 Å². The van der Waals surface area contributed by atoms with Gasteiger partial charge in [0.2, 0.25) is 11.8 Å². The summed E-state index contributed by atoms with van der Waals surface area (Å²) < 4.78 is 0. The molecule has 1 N–H and O–H groups in total. The van der Waals surface area contributed by atoms with Gasteiger partial charge in [-0.2, -0.15) is 0 Å². The molecule has 0 aromatic heterocycles. The number of hydrogen-bond acceptors (Lipinski definition) is 4. The van der Waals surface area contributed by atoms with Gasteiger partial charge in [-0.15, -0.1) is 0 Å². The maximum Gasteiger partial charge on any atom is 0.243 e. The maximum atomic E-state index is 12.1. The van der Waals surface area contributed by atoms with E-state index in [1.54, 1.807) is 7.05 Å². The van der Waals surface area contributed by atoms with Gasteiger partial charge in [-0.3, -0.25) is 9.59 Å². The highest BCUT2D eigenvalue weighted by atomic mass is 33.1. The number of nitrogens with one attached hydrogen (secondary N) is 1. The molecule has 2 rings (SSSR count). The van der Waals surface area contributed by atoms with Crippen molar-refractivity contribution in [2.75, 3.05) is 24.7 Å². The molecule has 0 bridgehead atoms. The zero-order valence-corrected chi connectivity index (χ0v) is 16.0. The van der Waals surface area contributed by atoms with Gasteiger partial charge in [0.15, 0.2) is 0 Å². The van der Waals surface area contributed by atoms with Crippen LogP contribution in [0.15, 0.2) is 24.3 Å². The van der Waals surface area contributed by atoms with Gasteiger partial charge in [-0.1, -0.05) is 45.7 Å². The van der Waals surface area contributed by atoms with Crippen molar-refractivity contribution in [2.24, 2.45) is 0 Å². The van der Waals surface area contributed by atoms with Crippen LogP contribution in [0.3, 0.4) is 0 Å². The van der Waals surface area contributed by atoms with Crippen LogP contribution in [-0.4, -0.2) is 41.3 Å². The van der Waals surface area contributed by atoms with Crippen molar-refractivity contribution < 1.29 is 9.59 Å². The van der Waals surface area contributed by atoms with Gasteiger partial charge >= 0.3 is 0 Å². The lowest BCUT2D eigenvalue weighted by Gasteiger charge is -2.17. The molecule has 0 spiro atoms. The SMILES string of the molecule is Cc1ccc(NC(=O)CN(C)C(=O)CCCCC2CCSS2)cc1. The fraction of sp³-hybridized carbons (Fsp3) is 0.556. The first-order chi connectivity index (χ1) is 11.5. The molecule has 0 saturated carbocycles. The van der Waals surface area contributed by atoms with Gasteiger partial charge in [0.05, 0.1) is 6.54 Å². The van der Waals surface area contributed by atoms with Crippen molar-refractivity contribution in [3.8, 4) is 0 Å². The summed E-state index contributed by atoms with van der Waals surface area (Å²) in [7, 11) is 5.64. The monoisotopic (exact) mass is 366 g/mol. The topological polar surface area (TPSA) is 49.4 Å². The van der Waals surface area contributed by atoms with E-state index in [0.717, 1.165) is 29.3 Å². The summed E-state index contributed by atoms with van der Waals surface area (Å²) in [5, 5.41) is 3.59. The number of hydrogen-bond donors (Lipinski definition) is 1. The molecule has 6 heteroatoms. The van der Waals surface area contributed by atoms with E-state index in [4.69, 9.17) is 0 Å². The molecular formula is C18H26N2O2S2. The van der Waals surface area contributed by atoms with Crippen molar-refractivity contribution >= 4 is 39.1 Å². The molecule has 1 aromatic rings. The number of carbonyl (C=O) groups excluding carboxylic acids is 2. The van der Waals surface area contributed by atoms with E-state index in [1.807, 2.05) is 52.8 Å². The van der Waals surface area contributed by atoms with Crippen LogP contribution in [0.1, 0.15) is 37.7 Å². The molecule has 1 heterocycles. The van der Waals surface area contributed by atoms with Crippen molar-refractivity contribution in [1.29, 1.82) is 0 Å². The van der Waals surface area contributed by atoms with E-state index < -0.39 is 0 Å².